The third-order valence-corrected chi connectivity index (χ3v) is 7.93. The molecule has 174 valence electrons. The van der Waals surface area contributed by atoms with Crippen molar-refractivity contribution in [1.82, 2.24) is 9.62 Å². The van der Waals surface area contributed by atoms with Crippen LogP contribution < -0.4 is 5.32 Å². The van der Waals surface area contributed by atoms with E-state index in [-0.39, 0.29) is 40.5 Å². The molecule has 0 saturated carbocycles. The number of amides is 1. The number of sulfonamides is 1. The standard InChI is InChI=1S/C24H31ClN2O4S/c1-16(2)18-5-7-19(8-6-18)23(17(3)4)26-24(28)21-15-20(9-10-22(21)25)32(29,30)27-11-13-31-14-12-27/h5-10,15-17,23H,11-14H2,1-4H3,(H,26,28). The van der Waals surface area contributed by atoms with Gasteiger partial charge in [-0.1, -0.05) is 63.6 Å². The molecule has 8 heteroatoms. The lowest BCUT2D eigenvalue weighted by Gasteiger charge is -2.26. The molecule has 3 rings (SSSR count). The molecule has 0 radical (unpaired) electrons. The fourth-order valence-corrected chi connectivity index (χ4v) is 5.36. The minimum atomic E-state index is -3.73. The van der Waals surface area contributed by atoms with Gasteiger partial charge in [-0.3, -0.25) is 4.79 Å². The van der Waals surface area contributed by atoms with Gasteiger partial charge in [0.15, 0.2) is 0 Å². The van der Waals surface area contributed by atoms with Gasteiger partial charge in [-0.15, -0.1) is 0 Å². The number of nitrogens with one attached hydrogen (secondary N) is 1. The molecular formula is C24H31ClN2O4S. The molecule has 32 heavy (non-hydrogen) atoms. The Morgan fingerprint density at radius 3 is 2.16 bits per heavy atom. The molecule has 1 aliphatic heterocycles. The predicted octanol–water partition coefficient (Wildman–Crippen LogP) is 4.61. The second kappa shape index (κ2) is 10.3. The highest BCUT2D eigenvalue weighted by Gasteiger charge is 2.28. The van der Waals surface area contributed by atoms with E-state index in [2.05, 4.69) is 31.3 Å². The van der Waals surface area contributed by atoms with Gasteiger partial charge in [0, 0.05) is 13.1 Å². The Balaban J connectivity index is 1.86. The van der Waals surface area contributed by atoms with Crippen LogP contribution in [0.25, 0.3) is 0 Å². The van der Waals surface area contributed by atoms with Gasteiger partial charge >= 0.3 is 0 Å². The molecule has 1 unspecified atom stereocenters. The Morgan fingerprint density at radius 1 is 1.00 bits per heavy atom. The van der Waals surface area contributed by atoms with Gasteiger partial charge in [0.2, 0.25) is 10.0 Å². The Kier molecular flexibility index (Phi) is 7.98. The van der Waals surface area contributed by atoms with E-state index in [1.165, 1.54) is 28.1 Å². The fourth-order valence-electron chi connectivity index (χ4n) is 3.72. The van der Waals surface area contributed by atoms with Crippen molar-refractivity contribution in [2.75, 3.05) is 26.3 Å². The maximum absolute atomic E-state index is 13.2. The normalized spacial score (nSPS) is 16.3. The molecule has 1 atom stereocenters. The molecule has 1 N–H and O–H groups in total. The van der Waals surface area contributed by atoms with E-state index in [4.69, 9.17) is 16.3 Å². The number of benzene rings is 2. The number of carbonyl (C=O) groups is 1. The summed E-state index contributed by atoms with van der Waals surface area (Å²) in [6.45, 7) is 9.61. The molecule has 0 bridgehead atoms. The summed E-state index contributed by atoms with van der Waals surface area (Å²) in [6, 6.07) is 12.2. The van der Waals surface area contributed by atoms with Crippen LogP contribution in [0.3, 0.4) is 0 Å². The molecule has 0 aliphatic carbocycles. The van der Waals surface area contributed by atoms with Crippen LogP contribution in [0.1, 0.15) is 61.1 Å². The number of halogens is 1. The Bertz CT molecular complexity index is 1050. The van der Waals surface area contributed by atoms with Crippen molar-refractivity contribution in [2.24, 2.45) is 5.92 Å². The smallest absolute Gasteiger partial charge is 0.253 e. The van der Waals surface area contributed by atoms with Gasteiger partial charge in [-0.05, 0) is 41.2 Å². The lowest BCUT2D eigenvalue weighted by Crippen LogP contribution is -2.40. The van der Waals surface area contributed by atoms with Crippen LogP contribution >= 0.6 is 11.6 Å². The van der Waals surface area contributed by atoms with Gasteiger partial charge in [-0.2, -0.15) is 4.31 Å². The monoisotopic (exact) mass is 478 g/mol. The second-order valence-corrected chi connectivity index (χ2v) is 11.0. The predicted molar refractivity (Wildman–Crippen MR) is 127 cm³/mol. The number of hydrogen-bond donors (Lipinski definition) is 1. The molecule has 6 nitrogen and oxygen atoms in total. The third-order valence-electron chi connectivity index (χ3n) is 5.71. The largest absolute Gasteiger partial charge is 0.379 e. The highest BCUT2D eigenvalue weighted by Crippen LogP contribution is 2.27. The Morgan fingerprint density at radius 2 is 1.59 bits per heavy atom. The lowest BCUT2D eigenvalue weighted by atomic mass is 9.93. The summed E-state index contributed by atoms with van der Waals surface area (Å²) in [4.78, 5) is 13.2. The van der Waals surface area contributed by atoms with E-state index in [1.54, 1.807) is 0 Å². The lowest BCUT2D eigenvalue weighted by molar-refractivity contribution is 0.0730. The summed E-state index contributed by atoms with van der Waals surface area (Å²) in [7, 11) is -3.73. The van der Waals surface area contributed by atoms with Crippen LogP contribution in [0.5, 0.6) is 0 Å². The summed E-state index contributed by atoms with van der Waals surface area (Å²) in [5.41, 5.74) is 2.36. The van der Waals surface area contributed by atoms with Crippen LogP contribution in [-0.2, 0) is 14.8 Å². The molecule has 0 spiro atoms. The highest BCUT2D eigenvalue weighted by atomic mass is 35.5. The molecular weight excluding hydrogens is 448 g/mol. The van der Waals surface area contributed by atoms with Crippen LogP contribution in [0, 0.1) is 5.92 Å². The average Bonchev–Trinajstić information content (AvgIpc) is 2.78. The van der Waals surface area contributed by atoms with Crippen molar-refractivity contribution in [1.29, 1.82) is 0 Å². The van der Waals surface area contributed by atoms with Crippen LogP contribution in [0.15, 0.2) is 47.4 Å². The highest BCUT2D eigenvalue weighted by molar-refractivity contribution is 7.89. The van der Waals surface area contributed by atoms with Gasteiger partial charge in [0.25, 0.3) is 5.91 Å². The SMILES string of the molecule is CC(C)c1ccc(C(NC(=O)c2cc(S(=O)(=O)N3CCOCC3)ccc2Cl)C(C)C)cc1. The number of morpholine rings is 1. The fraction of sp³-hybridized carbons (Fsp3) is 0.458. The molecule has 1 aliphatic rings. The van der Waals surface area contributed by atoms with E-state index < -0.39 is 15.9 Å². The summed E-state index contributed by atoms with van der Waals surface area (Å²) < 4.78 is 32.6. The minimum absolute atomic E-state index is 0.0522. The van der Waals surface area contributed by atoms with Crippen molar-refractivity contribution < 1.29 is 17.9 Å². The van der Waals surface area contributed by atoms with E-state index in [0.717, 1.165) is 5.56 Å². The summed E-state index contributed by atoms with van der Waals surface area (Å²) in [6.07, 6.45) is 0. The molecule has 1 heterocycles. The summed E-state index contributed by atoms with van der Waals surface area (Å²) >= 11 is 6.30. The molecule has 2 aromatic rings. The zero-order valence-electron chi connectivity index (χ0n) is 19.0. The van der Waals surface area contributed by atoms with Crippen molar-refractivity contribution in [3.05, 3.63) is 64.2 Å². The topological polar surface area (TPSA) is 75.7 Å². The first kappa shape index (κ1) is 24.7. The van der Waals surface area contributed by atoms with Crippen molar-refractivity contribution in [3.8, 4) is 0 Å². The van der Waals surface area contributed by atoms with Crippen LogP contribution in [0.2, 0.25) is 5.02 Å². The van der Waals surface area contributed by atoms with Crippen molar-refractivity contribution >= 4 is 27.5 Å². The molecule has 1 fully saturated rings. The van der Waals surface area contributed by atoms with Gasteiger partial charge in [0.1, 0.15) is 0 Å². The van der Waals surface area contributed by atoms with Gasteiger partial charge in [-0.25, -0.2) is 8.42 Å². The average molecular weight is 479 g/mol. The molecule has 0 aromatic heterocycles. The number of hydrogen-bond acceptors (Lipinski definition) is 4. The van der Waals surface area contributed by atoms with Crippen LogP contribution in [-0.4, -0.2) is 44.9 Å². The number of nitrogens with zero attached hydrogens (tertiary/aromatic N) is 1. The Hall–Kier alpha value is -1.93. The summed E-state index contributed by atoms with van der Waals surface area (Å²) in [5, 5.41) is 3.25. The van der Waals surface area contributed by atoms with Crippen LogP contribution in [0.4, 0.5) is 0 Å². The van der Waals surface area contributed by atoms with E-state index in [0.29, 0.717) is 19.1 Å². The number of ether oxygens (including phenoxy) is 1. The first-order valence-corrected chi connectivity index (χ1v) is 12.7. The first-order valence-electron chi connectivity index (χ1n) is 10.9. The van der Waals surface area contributed by atoms with E-state index >= 15 is 0 Å². The second-order valence-electron chi connectivity index (χ2n) is 8.67. The quantitative estimate of drug-likeness (QED) is 0.630. The molecule has 1 saturated heterocycles. The first-order chi connectivity index (χ1) is 15.1. The maximum atomic E-state index is 13.2. The van der Waals surface area contributed by atoms with E-state index in [1.807, 2.05) is 26.0 Å². The third kappa shape index (κ3) is 5.52. The molecule has 2 aromatic carbocycles. The zero-order chi connectivity index (χ0) is 23.5. The summed E-state index contributed by atoms with van der Waals surface area (Å²) in [5.74, 6) is 0.148. The van der Waals surface area contributed by atoms with Gasteiger partial charge < -0.3 is 10.1 Å². The molecule has 1 amide bonds. The number of rotatable bonds is 7. The zero-order valence-corrected chi connectivity index (χ0v) is 20.5. The van der Waals surface area contributed by atoms with E-state index in [9.17, 15) is 13.2 Å². The van der Waals surface area contributed by atoms with Gasteiger partial charge in [0.05, 0.1) is 34.7 Å². The minimum Gasteiger partial charge on any atom is -0.379 e. The Labute approximate surface area is 196 Å². The van der Waals surface area contributed by atoms with Crippen molar-refractivity contribution in [2.45, 2.75) is 44.6 Å². The maximum Gasteiger partial charge on any atom is 0.253 e. The van der Waals surface area contributed by atoms with Crippen molar-refractivity contribution in [3.63, 3.8) is 0 Å². The number of carbonyl (C=O) groups excluding carboxylic acids is 1.